The Morgan fingerprint density at radius 3 is 2.24 bits per heavy atom. The molecule has 0 saturated carbocycles. The molecular formula is C25H34ClN3O4S. The zero-order chi connectivity index (χ0) is 25.5. The number of nitrogens with zero attached hydrogens (tertiary/aromatic N) is 2. The lowest BCUT2D eigenvalue weighted by molar-refractivity contribution is -0.141. The van der Waals surface area contributed by atoms with Crippen LogP contribution in [0.1, 0.15) is 38.3 Å². The summed E-state index contributed by atoms with van der Waals surface area (Å²) >= 11 is 5.88. The molecule has 2 aromatic rings. The van der Waals surface area contributed by atoms with E-state index in [1.54, 1.807) is 0 Å². The summed E-state index contributed by atoms with van der Waals surface area (Å²) < 4.78 is 27.0. The van der Waals surface area contributed by atoms with E-state index in [-0.39, 0.29) is 23.3 Å². The van der Waals surface area contributed by atoms with Crippen molar-refractivity contribution in [3.8, 4) is 0 Å². The highest BCUT2D eigenvalue weighted by molar-refractivity contribution is 7.89. The molecule has 0 unspecified atom stereocenters. The number of halogens is 1. The molecule has 0 saturated heterocycles. The lowest BCUT2D eigenvalue weighted by Crippen LogP contribution is -2.52. The fourth-order valence-electron chi connectivity index (χ4n) is 3.47. The van der Waals surface area contributed by atoms with Gasteiger partial charge in [0.1, 0.15) is 6.04 Å². The number of carbonyl (C=O) groups excluding carboxylic acids is 2. The van der Waals surface area contributed by atoms with Gasteiger partial charge in [0, 0.05) is 25.2 Å². The van der Waals surface area contributed by atoms with Gasteiger partial charge in [-0.25, -0.2) is 8.42 Å². The molecular weight excluding hydrogens is 474 g/mol. The van der Waals surface area contributed by atoms with Crippen molar-refractivity contribution in [1.82, 2.24) is 14.5 Å². The van der Waals surface area contributed by atoms with Crippen molar-refractivity contribution in [2.24, 2.45) is 5.92 Å². The van der Waals surface area contributed by atoms with Crippen LogP contribution in [0.2, 0.25) is 5.02 Å². The summed E-state index contributed by atoms with van der Waals surface area (Å²) in [6.45, 7) is 8.06. The molecule has 0 aliphatic carbocycles. The van der Waals surface area contributed by atoms with Gasteiger partial charge in [0.2, 0.25) is 21.8 Å². The molecule has 0 aliphatic heterocycles. The fraction of sp³-hybridized carbons (Fsp3) is 0.440. The number of carbonyl (C=O) groups is 2. The second-order valence-electron chi connectivity index (χ2n) is 8.73. The molecule has 186 valence electrons. The van der Waals surface area contributed by atoms with Crippen LogP contribution in [-0.4, -0.2) is 55.6 Å². The third kappa shape index (κ3) is 7.29. The van der Waals surface area contributed by atoms with Crippen LogP contribution in [-0.2, 0) is 26.2 Å². The summed E-state index contributed by atoms with van der Waals surface area (Å²) in [6.07, 6.45) is 0.398. The van der Waals surface area contributed by atoms with E-state index in [4.69, 9.17) is 11.6 Å². The van der Waals surface area contributed by atoms with Gasteiger partial charge in [-0.3, -0.25) is 9.59 Å². The maximum Gasteiger partial charge on any atom is 0.243 e. The summed E-state index contributed by atoms with van der Waals surface area (Å²) in [5.41, 5.74) is 1.88. The van der Waals surface area contributed by atoms with Gasteiger partial charge < -0.3 is 10.2 Å². The van der Waals surface area contributed by atoms with Gasteiger partial charge in [-0.1, -0.05) is 56.6 Å². The topological polar surface area (TPSA) is 86.8 Å². The summed E-state index contributed by atoms with van der Waals surface area (Å²) in [4.78, 5) is 28.0. The second-order valence-corrected chi connectivity index (χ2v) is 11.2. The van der Waals surface area contributed by atoms with Gasteiger partial charge in [-0.05, 0) is 54.7 Å². The van der Waals surface area contributed by atoms with Gasteiger partial charge in [-0.2, -0.15) is 4.31 Å². The Morgan fingerprint density at radius 1 is 1.06 bits per heavy atom. The van der Waals surface area contributed by atoms with E-state index in [0.29, 0.717) is 18.0 Å². The average molecular weight is 508 g/mol. The van der Waals surface area contributed by atoms with E-state index >= 15 is 0 Å². The standard InChI is InChI=1S/C25H34ClN3O4S/c1-6-23(25(31)27-15-18(2)3)29(16-20-10-8-7-9-19(20)4)24(30)17-28(5)34(32,33)22-13-11-21(26)12-14-22/h7-14,18,23H,6,15-17H2,1-5H3,(H,27,31)/t23-/m1/s1. The first-order valence-corrected chi connectivity index (χ1v) is 13.1. The summed E-state index contributed by atoms with van der Waals surface area (Å²) in [6, 6.07) is 12.7. The number of likely N-dealkylation sites (N-methyl/N-ethyl adjacent to an activating group) is 1. The van der Waals surface area contributed by atoms with Crippen molar-refractivity contribution in [3.63, 3.8) is 0 Å². The molecule has 1 atom stereocenters. The lowest BCUT2D eigenvalue weighted by Gasteiger charge is -2.32. The van der Waals surface area contributed by atoms with Gasteiger partial charge in [-0.15, -0.1) is 0 Å². The highest BCUT2D eigenvalue weighted by atomic mass is 35.5. The normalized spacial score (nSPS) is 12.6. The molecule has 0 bridgehead atoms. The molecule has 7 nitrogen and oxygen atoms in total. The molecule has 0 radical (unpaired) electrons. The number of amides is 2. The summed E-state index contributed by atoms with van der Waals surface area (Å²) in [5.74, 6) is -0.436. The molecule has 0 aromatic heterocycles. The largest absolute Gasteiger partial charge is 0.354 e. The van der Waals surface area contributed by atoms with E-state index in [1.165, 1.54) is 36.2 Å². The van der Waals surface area contributed by atoms with Gasteiger partial charge >= 0.3 is 0 Å². The van der Waals surface area contributed by atoms with Crippen LogP contribution in [0.4, 0.5) is 0 Å². The Labute approximate surface area is 208 Å². The third-order valence-corrected chi connectivity index (χ3v) is 7.62. The van der Waals surface area contributed by atoms with Gasteiger partial charge in [0.15, 0.2) is 0 Å². The molecule has 9 heteroatoms. The van der Waals surface area contributed by atoms with E-state index < -0.39 is 28.5 Å². The van der Waals surface area contributed by atoms with E-state index in [9.17, 15) is 18.0 Å². The Balaban J connectivity index is 2.32. The maximum absolute atomic E-state index is 13.5. The predicted molar refractivity (Wildman–Crippen MR) is 135 cm³/mol. The van der Waals surface area contributed by atoms with Crippen molar-refractivity contribution >= 4 is 33.4 Å². The zero-order valence-electron chi connectivity index (χ0n) is 20.4. The Kier molecular flexibility index (Phi) is 10.1. The smallest absolute Gasteiger partial charge is 0.243 e. The Hall–Kier alpha value is -2.42. The Bertz CT molecular complexity index is 1090. The summed E-state index contributed by atoms with van der Waals surface area (Å²) in [5, 5.41) is 3.32. The maximum atomic E-state index is 13.5. The third-order valence-electron chi connectivity index (χ3n) is 5.55. The quantitative estimate of drug-likeness (QED) is 0.500. The van der Waals surface area contributed by atoms with Crippen LogP contribution in [0.15, 0.2) is 53.4 Å². The van der Waals surface area contributed by atoms with Crippen molar-refractivity contribution in [1.29, 1.82) is 0 Å². The summed E-state index contributed by atoms with van der Waals surface area (Å²) in [7, 11) is -2.56. The number of sulfonamides is 1. The number of aryl methyl sites for hydroxylation is 1. The lowest BCUT2D eigenvalue weighted by atomic mass is 10.1. The first-order chi connectivity index (χ1) is 16.0. The predicted octanol–water partition coefficient (Wildman–Crippen LogP) is 3.85. The van der Waals surface area contributed by atoms with Crippen molar-refractivity contribution in [3.05, 3.63) is 64.7 Å². The first-order valence-electron chi connectivity index (χ1n) is 11.3. The monoisotopic (exact) mass is 507 g/mol. The number of benzene rings is 2. The first kappa shape index (κ1) is 27.8. The van der Waals surface area contributed by atoms with E-state index in [1.807, 2.05) is 52.0 Å². The van der Waals surface area contributed by atoms with E-state index in [0.717, 1.165) is 15.4 Å². The fourth-order valence-corrected chi connectivity index (χ4v) is 4.71. The molecule has 1 N–H and O–H groups in total. The number of nitrogens with one attached hydrogen (secondary N) is 1. The molecule has 0 aliphatic rings. The second kappa shape index (κ2) is 12.3. The molecule has 2 rings (SSSR count). The van der Waals surface area contributed by atoms with Crippen LogP contribution in [0.3, 0.4) is 0 Å². The van der Waals surface area contributed by atoms with Gasteiger partial charge in [0.05, 0.1) is 11.4 Å². The van der Waals surface area contributed by atoms with Crippen LogP contribution in [0.25, 0.3) is 0 Å². The average Bonchev–Trinajstić information content (AvgIpc) is 2.78. The number of hydrogen-bond acceptors (Lipinski definition) is 4. The highest BCUT2D eigenvalue weighted by Crippen LogP contribution is 2.20. The van der Waals surface area contributed by atoms with Crippen molar-refractivity contribution in [2.75, 3.05) is 20.1 Å². The molecule has 0 spiro atoms. The molecule has 2 aromatic carbocycles. The SMILES string of the molecule is CC[C@H](C(=O)NCC(C)C)N(Cc1ccccc1C)C(=O)CN(C)S(=O)(=O)c1ccc(Cl)cc1. The van der Waals surface area contributed by atoms with E-state index in [2.05, 4.69) is 5.32 Å². The van der Waals surface area contributed by atoms with Crippen molar-refractivity contribution < 1.29 is 18.0 Å². The minimum absolute atomic E-state index is 0.0411. The molecule has 0 fully saturated rings. The van der Waals surface area contributed by atoms with Crippen LogP contribution >= 0.6 is 11.6 Å². The van der Waals surface area contributed by atoms with Crippen LogP contribution in [0.5, 0.6) is 0 Å². The molecule has 34 heavy (non-hydrogen) atoms. The minimum atomic E-state index is -3.91. The van der Waals surface area contributed by atoms with Crippen LogP contribution < -0.4 is 5.32 Å². The van der Waals surface area contributed by atoms with Crippen molar-refractivity contribution in [2.45, 2.75) is 51.6 Å². The van der Waals surface area contributed by atoms with Gasteiger partial charge in [0.25, 0.3) is 0 Å². The molecule has 2 amide bonds. The minimum Gasteiger partial charge on any atom is -0.354 e. The van der Waals surface area contributed by atoms with Crippen LogP contribution in [0, 0.1) is 12.8 Å². The number of rotatable bonds is 11. The Morgan fingerprint density at radius 2 is 1.68 bits per heavy atom. The zero-order valence-corrected chi connectivity index (χ0v) is 22.0. The molecule has 0 heterocycles. The highest BCUT2D eigenvalue weighted by Gasteiger charge is 2.32. The number of hydrogen-bond donors (Lipinski definition) is 1.